The summed E-state index contributed by atoms with van der Waals surface area (Å²) in [4.78, 5) is 7.13. The van der Waals surface area contributed by atoms with Gasteiger partial charge in [-0.05, 0) is 37.8 Å². The van der Waals surface area contributed by atoms with Gasteiger partial charge in [0.05, 0.1) is 17.6 Å². The van der Waals surface area contributed by atoms with Crippen molar-refractivity contribution in [2.75, 3.05) is 0 Å². The molecule has 25 heavy (non-hydrogen) atoms. The summed E-state index contributed by atoms with van der Waals surface area (Å²) in [5, 5.41) is -0.277. The third-order valence-electron chi connectivity index (χ3n) is 6.53. The van der Waals surface area contributed by atoms with E-state index in [0.717, 1.165) is 5.69 Å². The van der Waals surface area contributed by atoms with Crippen LogP contribution in [0.15, 0.2) is 48.2 Å². The number of rotatable bonds is 1. The molecule has 0 saturated heterocycles. The lowest BCUT2D eigenvalue weighted by atomic mass is 9.65. The molecule has 3 aliphatic rings. The number of allylic oxidation sites excluding steroid dienone is 2. The highest BCUT2D eigenvalue weighted by Crippen LogP contribution is 2.65. The average Bonchev–Trinajstić information content (AvgIpc) is 2.98. The Bertz CT molecular complexity index is 907. The zero-order valence-corrected chi connectivity index (χ0v) is 15.4. The molecule has 4 unspecified atom stereocenters. The van der Waals surface area contributed by atoms with Crippen LogP contribution in [-0.2, 0) is 5.67 Å². The van der Waals surface area contributed by atoms with E-state index in [4.69, 9.17) is 18.2 Å². The molecule has 0 aromatic heterocycles. The Kier molecular flexibility index (Phi) is 3.19. The Hall–Kier alpha value is -1.92. The van der Waals surface area contributed by atoms with Crippen LogP contribution in [0.1, 0.15) is 32.8 Å². The summed E-state index contributed by atoms with van der Waals surface area (Å²) < 4.78 is 16.8. The van der Waals surface area contributed by atoms with E-state index < -0.39 is 16.5 Å². The van der Waals surface area contributed by atoms with Crippen molar-refractivity contribution in [3.63, 3.8) is 0 Å². The van der Waals surface area contributed by atoms with E-state index in [9.17, 15) is 0 Å². The number of hydrogen-bond donors (Lipinski definition) is 1. The summed E-state index contributed by atoms with van der Waals surface area (Å²) in [6.07, 6.45) is 2.34. The first kappa shape index (κ1) is 16.5. The second kappa shape index (κ2) is 4.83. The van der Waals surface area contributed by atoms with Crippen molar-refractivity contribution in [1.82, 2.24) is 0 Å². The predicted molar refractivity (Wildman–Crippen MR) is 98.3 cm³/mol. The number of fused-ring (bicyclic) bond motifs is 5. The third-order valence-corrected chi connectivity index (χ3v) is 7.16. The van der Waals surface area contributed by atoms with Crippen LogP contribution < -0.4 is 4.99 Å². The lowest BCUT2D eigenvalue weighted by Gasteiger charge is -2.41. The van der Waals surface area contributed by atoms with Gasteiger partial charge in [-0.25, -0.2) is 14.2 Å². The molecule has 1 aromatic carbocycles. The van der Waals surface area contributed by atoms with Gasteiger partial charge < -0.3 is 0 Å². The molecule has 1 aromatic rings. The van der Waals surface area contributed by atoms with Crippen LogP contribution in [0.2, 0.25) is 0 Å². The van der Waals surface area contributed by atoms with Crippen LogP contribution in [0.4, 0.5) is 10.1 Å². The molecule has 2 nitrogen and oxygen atoms in total. The van der Waals surface area contributed by atoms with Gasteiger partial charge in [-0.2, -0.15) is 0 Å². The van der Waals surface area contributed by atoms with Crippen molar-refractivity contribution in [3.8, 4) is 0 Å². The molecule has 1 fully saturated rings. The maximum absolute atomic E-state index is 16.8. The van der Waals surface area contributed by atoms with Gasteiger partial charge in [0.15, 0.2) is 5.70 Å². The van der Waals surface area contributed by atoms with Crippen LogP contribution in [-0.4, -0.2) is 11.1 Å². The molecule has 4 atom stereocenters. The maximum Gasteiger partial charge on any atom is 0.234 e. The zero-order valence-electron chi connectivity index (χ0n) is 14.7. The van der Waals surface area contributed by atoms with Crippen molar-refractivity contribution in [2.45, 2.75) is 38.2 Å². The second-order valence-corrected chi connectivity index (χ2v) is 8.57. The van der Waals surface area contributed by atoms with E-state index in [-0.39, 0.29) is 11.3 Å². The minimum atomic E-state index is -1.76. The highest BCUT2D eigenvalue weighted by atomic mass is 35.5. The van der Waals surface area contributed by atoms with Gasteiger partial charge in [-0.3, -0.25) is 0 Å². The van der Waals surface area contributed by atoms with E-state index in [1.165, 1.54) is 0 Å². The molecule has 2 aliphatic carbocycles. The van der Waals surface area contributed by atoms with Gasteiger partial charge in [-0.15, -0.1) is 18.2 Å². The van der Waals surface area contributed by atoms with Gasteiger partial charge in [0.1, 0.15) is 0 Å². The van der Waals surface area contributed by atoms with Crippen molar-refractivity contribution in [2.24, 2.45) is 16.7 Å². The van der Waals surface area contributed by atoms with Crippen molar-refractivity contribution >= 4 is 23.0 Å². The van der Waals surface area contributed by atoms with Crippen LogP contribution in [0.3, 0.4) is 0 Å². The summed E-state index contributed by atoms with van der Waals surface area (Å²) >= 11 is 6.69. The lowest BCUT2D eigenvalue weighted by molar-refractivity contribution is -0.356. The Labute approximate surface area is 152 Å². The van der Waals surface area contributed by atoms with E-state index in [2.05, 4.69) is 30.3 Å². The van der Waals surface area contributed by atoms with E-state index in [0.29, 0.717) is 29.0 Å². The fraction of sp³-hybridized carbons (Fsp3) is 0.429. The van der Waals surface area contributed by atoms with Gasteiger partial charge in [0.2, 0.25) is 17.1 Å². The Balaban J connectivity index is 2.12. The maximum atomic E-state index is 16.8. The number of alkyl halides is 2. The number of halogens is 2. The Morgan fingerprint density at radius 3 is 2.68 bits per heavy atom. The SMILES string of the molecule is [C-]#[N+]C1=C2C(CC(Cl)C1(C)C=C)C(C)(C)C1=[NH+]c3ccccc3C12F. The minimum absolute atomic E-state index is 0.104. The van der Waals surface area contributed by atoms with Crippen LogP contribution in [0.25, 0.3) is 4.85 Å². The zero-order chi connectivity index (χ0) is 18.2. The van der Waals surface area contributed by atoms with E-state index >= 15 is 4.39 Å². The smallest absolute Gasteiger partial charge is 0.234 e. The predicted octanol–water partition coefficient (Wildman–Crippen LogP) is 4.05. The molecule has 1 aliphatic heterocycles. The monoisotopic (exact) mass is 355 g/mol. The fourth-order valence-corrected chi connectivity index (χ4v) is 5.31. The average molecular weight is 356 g/mol. The van der Waals surface area contributed by atoms with Gasteiger partial charge in [0.25, 0.3) is 0 Å². The normalized spacial score (nSPS) is 37.7. The first-order valence-electron chi connectivity index (χ1n) is 8.56. The standard InChI is InChI=1S/C21H20ClFN2/c1-6-20(4)15(22)11-13-16(17(20)24-5)21(23)12-9-7-8-10-14(12)25-18(21)19(13,2)3/h6-10,13,15H,1,11H2,2-4H3/p+1. The molecular formula is C21H21ClFN2+. The number of nitrogens with zero attached hydrogens (tertiary/aromatic N) is 1. The summed E-state index contributed by atoms with van der Waals surface area (Å²) in [5.74, 6) is -0.104. The van der Waals surface area contributed by atoms with Crippen LogP contribution in [0, 0.1) is 23.3 Å². The molecule has 0 amide bonds. The molecule has 4 heteroatoms. The molecule has 1 saturated carbocycles. The van der Waals surface area contributed by atoms with Gasteiger partial charge in [-0.1, -0.05) is 25.1 Å². The summed E-state index contributed by atoms with van der Waals surface area (Å²) in [6.45, 7) is 17.7. The topological polar surface area (TPSA) is 18.3 Å². The molecule has 4 rings (SSSR count). The molecule has 0 bridgehead atoms. The summed E-state index contributed by atoms with van der Waals surface area (Å²) in [5.41, 5.74) is 0.118. The lowest BCUT2D eigenvalue weighted by Crippen LogP contribution is -2.68. The number of benzene rings is 1. The number of hydrogen-bond acceptors (Lipinski definition) is 0. The highest BCUT2D eigenvalue weighted by Gasteiger charge is 2.71. The van der Waals surface area contributed by atoms with Gasteiger partial charge in [0, 0.05) is 16.9 Å². The minimum Gasteiger partial charge on any atom is -0.242 e. The Morgan fingerprint density at radius 2 is 2.04 bits per heavy atom. The molecular weight excluding hydrogens is 335 g/mol. The van der Waals surface area contributed by atoms with Gasteiger partial charge >= 0.3 is 0 Å². The highest BCUT2D eigenvalue weighted by molar-refractivity contribution is 6.22. The molecule has 0 radical (unpaired) electrons. The molecule has 0 spiro atoms. The molecule has 1 N–H and O–H groups in total. The quantitative estimate of drug-likeness (QED) is 0.445. The van der Waals surface area contributed by atoms with E-state index in [1.807, 2.05) is 31.2 Å². The van der Waals surface area contributed by atoms with Crippen molar-refractivity contribution < 1.29 is 9.38 Å². The largest absolute Gasteiger partial charge is 0.242 e. The summed E-state index contributed by atoms with van der Waals surface area (Å²) in [7, 11) is 0. The molecule has 128 valence electrons. The number of nitrogens with one attached hydrogen (secondary N) is 1. The van der Waals surface area contributed by atoms with E-state index in [1.54, 1.807) is 6.08 Å². The Morgan fingerprint density at radius 1 is 1.36 bits per heavy atom. The third kappa shape index (κ3) is 1.71. The van der Waals surface area contributed by atoms with Crippen LogP contribution in [0.5, 0.6) is 0 Å². The first-order valence-corrected chi connectivity index (χ1v) is 9.00. The number of para-hydroxylation sites is 1. The second-order valence-electron chi connectivity index (χ2n) is 8.04. The molecule has 1 heterocycles. The summed E-state index contributed by atoms with van der Waals surface area (Å²) in [6, 6.07) is 7.46. The van der Waals surface area contributed by atoms with Crippen LogP contribution >= 0.6 is 11.6 Å². The van der Waals surface area contributed by atoms with Crippen molar-refractivity contribution in [3.05, 3.63) is 65.2 Å². The first-order chi connectivity index (χ1) is 11.7. The fourth-order valence-electron chi connectivity index (χ4n) is 4.94. The van der Waals surface area contributed by atoms with Crippen molar-refractivity contribution in [1.29, 1.82) is 0 Å².